The van der Waals surface area contributed by atoms with Crippen molar-refractivity contribution in [3.63, 3.8) is 0 Å². The molecule has 0 radical (unpaired) electrons. The van der Waals surface area contributed by atoms with Crippen LogP contribution < -0.4 is 0 Å². The lowest BCUT2D eigenvalue weighted by Gasteiger charge is -2.25. The molecule has 1 atom stereocenters. The van der Waals surface area contributed by atoms with E-state index in [1.807, 2.05) is 0 Å². The number of rotatable bonds is 5. The Morgan fingerprint density at radius 2 is 2.00 bits per heavy atom. The van der Waals surface area contributed by atoms with Crippen LogP contribution in [0.25, 0.3) is 5.76 Å². The second kappa shape index (κ2) is 9.15. The number of halogens is 1. The first-order valence-electron chi connectivity index (χ1n) is 10.4. The molecule has 8 nitrogen and oxygen atoms in total. The number of carbonyl (C=O) groups excluding carboxylic acids is 3. The van der Waals surface area contributed by atoms with Crippen LogP contribution in [-0.2, 0) is 20.9 Å². The second-order valence-corrected chi connectivity index (χ2v) is 8.40. The Kier molecular flexibility index (Phi) is 6.26. The quantitative estimate of drug-likeness (QED) is 0.247. The maximum atomic E-state index is 13.2. The second-order valence-electron chi connectivity index (χ2n) is 7.96. The highest BCUT2D eigenvalue weighted by molar-refractivity contribution is 6.46. The number of aromatic nitrogens is 2. The van der Waals surface area contributed by atoms with Gasteiger partial charge in [-0.25, -0.2) is 4.79 Å². The van der Waals surface area contributed by atoms with Crippen molar-refractivity contribution < 1.29 is 24.2 Å². The van der Waals surface area contributed by atoms with Crippen molar-refractivity contribution in [3.05, 3.63) is 93.0 Å². The number of amides is 1. The third kappa shape index (κ3) is 3.97. The Labute approximate surface area is 200 Å². The number of esters is 1. The van der Waals surface area contributed by atoms with Crippen LogP contribution in [0.3, 0.4) is 0 Å². The van der Waals surface area contributed by atoms with Crippen molar-refractivity contribution in [2.75, 3.05) is 7.11 Å². The van der Waals surface area contributed by atoms with Crippen molar-refractivity contribution in [2.45, 2.75) is 26.4 Å². The lowest BCUT2D eigenvalue weighted by molar-refractivity contribution is -0.140. The number of ether oxygens (including phenoxy) is 1. The molecule has 3 aromatic rings. The van der Waals surface area contributed by atoms with Crippen LogP contribution in [0.5, 0.6) is 0 Å². The highest BCUT2D eigenvalue weighted by Crippen LogP contribution is 2.42. The van der Waals surface area contributed by atoms with E-state index in [4.69, 9.17) is 16.3 Å². The van der Waals surface area contributed by atoms with E-state index in [0.29, 0.717) is 21.8 Å². The maximum absolute atomic E-state index is 13.2. The Bertz CT molecular complexity index is 1330. The molecule has 174 valence electrons. The third-order valence-corrected chi connectivity index (χ3v) is 6.08. The van der Waals surface area contributed by atoms with Gasteiger partial charge in [-0.15, -0.1) is 0 Å². The number of ketones is 1. The van der Waals surface area contributed by atoms with Gasteiger partial charge in [-0.05, 0) is 48.7 Å². The minimum Gasteiger partial charge on any atom is -0.507 e. The van der Waals surface area contributed by atoms with Crippen molar-refractivity contribution in [1.82, 2.24) is 14.9 Å². The lowest BCUT2D eigenvalue weighted by atomic mass is 9.94. The Morgan fingerprint density at radius 3 is 2.65 bits per heavy atom. The average molecular weight is 480 g/mol. The number of aliphatic hydroxyl groups excluding tert-OH is 1. The highest BCUT2D eigenvalue weighted by atomic mass is 35.5. The number of carbonyl (C=O) groups is 3. The average Bonchev–Trinajstić information content (AvgIpc) is 3.26. The predicted molar refractivity (Wildman–Crippen MR) is 125 cm³/mol. The first-order chi connectivity index (χ1) is 16.2. The van der Waals surface area contributed by atoms with Crippen LogP contribution in [0, 0.1) is 13.8 Å². The zero-order valence-corrected chi connectivity index (χ0v) is 19.5. The smallest absolute Gasteiger partial charge is 0.354 e. The lowest BCUT2D eigenvalue weighted by Crippen LogP contribution is -2.29. The minimum atomic E-state index is -0.894. The van der Waals surface area contributed by atoms with Crippen molar-refractivity contribution in [1.29, 1.82) is 0 Å². The Balaban J connectivity index is 1.92. The summed E-state index contributed by atoms with van der Waals surface area (Å²) in [5, 5.41) is 11.8. The molecule has 2 N–H and O–H groups in total. The Morgan fingerprint density at radius 1 is 1.24 bits per heavy atom. The van der Waals surface area contributed by atoms with Crippen molar-refractivity contribution >= 4 is 35.0 Å². The van der Waals surface area contributed by atoms with Crippen molar-refractivity contribution in [3.8, 4) is 0 Å². The van der Waals surface area contributed by atoms with E-state index in [0.717, 1.165) is 5.56 Å². The summed E-state index contributed by atoms with van der Waals surface area (Å²) in [6.45, 7) is 3.39. The molecule has 0 aliphatic carbocycles. The molecule has 34 heavy (non-hydrogen) atoms. The van der Waals surface area contributed by atoms with Crippen LogP contribution in [-0.4, -0.2) is 44.7 Å². The molecule has 3 heterocycles. The summed E-state index contributed by atoms with van der Waals surface area (Å²) in [5.41, 5.74) is 2.49. The first-order valence-corrected chi connectivity index (χ1v) is 10.8. The number of pyridine rings is 1. The zero-order chi connectivity index (χ0) is 24.6. The van der Waals surface area contributed by atoms with E-state index in [2.05, 4.69) is 9.97 Å². The summed E-state index contributed by atoms with van der Waals surface area (Å²) in [5.74, 6) is -2.57. The number of benzene rings is 1. The number of hydrogen-bond donors (Lipinski definition) is 2. The molecule has 0 bridgehead atoms. The van der Waals surface area contributed by atoms with Crippen LogP contribution >= 0.6 is 11.6 Å². The molecular weight excluding hydrogens is 458 g/mol. The number of aliphatic hydroxyl groups is 1. The standard InChI is InChI=1S/C25H22ClN3O5/c1-13-18(14(2)28-20(13)25(33)34-3)22(30)19-21(16-7-4-8-17(26)10-16)29(24(32)23(19)31)12-15-6-5-9-27-11-15/h4-11,21,28,30H,12H2,1-3H3/b22-19+/t21-/m1/s1. The van der Waals surface area contributed by atoms with Gasteiger partial charge in [-0.2, -0.15) is 0 Å². The van der Waals surface area contributed by atoms with Gasteiger partial charge in [0.2, 0.25) is 0 Å². The van der Waals surface area contributed by atoms with Crippen LogP contribution in [0.15, 0.2) is 54.4 Å². The maximum Gasteiger partial charge on any atom is 0.354 e. The van der Waals surface area contributed by atoms with Crippen LogP contribution in [0.2, 0.25) is 5.02 Å². The number of aryl methyl sites for hydroxylation is 1. The predicted octanol–water partition coefficient (Wildman–Crippen LogP) is 4.09. The molecule has 2 aromatic heterocycles. The molecule has 4 rings (SSSR count). The SMILES string of the molecule is COC(=O)c1[nH]c(C)c(/C(O)=C2\C(=O)C(=O)N(Cc3cccnc3)[C@@H]2c2cccc(Cl)c2)c1C. The van der Waals surface area contributed by atoms with Gasteiger partial charge in [0, 0.05) is 35.2 Å². The van der Waals surface area contributed by atoms with Gasteiger partial charge in [0.15, 0.2) is 0 Å². The molecule has 9 heteroatoms. The van der Waals surface area contributed by atoms with E-state index in [9.17, 15) is 19.5 Å². The summed E-state index contributed by atoms with van der Waals surface area (Å²) in [7, 11) is 1.25. The fraction of sp³-hybridized carbons (Fsp3) is 0.200. The van der Waals surface area contributed by atoms with Gasteiger partial charge >= 0.3 is 5.97 Å². The van der Waals surface area contributed by atoms with Crippen LogP contribution in [0.4, 0.5) is 0 Å². The number of Topliss-reactive ketones (excluding diaryl/α,β-unsaturated/α-hetero) is 1. The molecule has 1 aliphatic rings. The molecule has 0 saturated carbocycles. The van der Waals surface area contributed by atoms with Gasteiger partial charge in [0.05, 0.1) is 18.7 Å². The van der Waals surface area contributed by atoms with Gasteiger partial charge in [0.25, 0.3) is 11.7 Å². The fourth-order valence-electron chi connectivity index (χ4n) is 4.30. The molecule has 0 unspecified atom stereocenters. The number of H-pyrrole nitrogens is 1. The summed E-state index contributed by atoms with van der Waals surface area (Å²) >= 11 is 6.22. The number of methoxy groups -OCH3 is 1. The topological polar surface area (TPSA) is 113 Å². The third-order valence-electron chi connectivity index (χ3n) is 5.84. The van der Waals surface area contributed by atoms with E-state index >= 15 is 0 Å². The molecule has 1 saturated heterocycles. The highest BCUT2D eigenvalue weighted by Gasteiger charge is 2.46. The summed E-state index contributed by atoms with van der Waals surface area (Å²) < 4.78 is 4.80. The molecule has 1 aromatic carbocycles. The summed E-state index contributed by atoms with van der Waals surface area (Å²) in [6, 6.07) is 9.42. The van der Waals surface area contributed by atoms with Gasteiger partial charge in [0.1, 0.15) is 11.5 Å². The molecule has 0 spiro atoms. The van der Waals surface area contributed by atoms with Crippen molar-refractivity contribution in [2.24, 2.45) is 0 Å². The normalized spacial score (nSPS) is 17.3. The van der Waals surface area contributed by atoms with E-state index in [1.54, 1.807) is 62.6 Å². The number of nitrogens with zero attached hydrogens (tertiary/aromatic N) is 2. The molecular formula is C25H22ClN3O5. The first kappa shape index (κ1) is 23.3. The van der Waals surface area contributed by atoms with Crippen LogP contribution in [0.1, 0.15) is 44.5 Å². The number of hydrogen-bond acceptors (Lipinski definition) is 6. The monoisotopic (exact) mass is 479 g/mol. The number of nitrogens with one attached hydrogen (secondary N) is 1. The number of likely N-dealkylation sites (tertiary alicyclic amines) is 1. The summed E-state index contributed by atoms with van der Waals surface area (Å²) in [6.07, 6.45) is 3.22. The number of aromatic amines is 1. The van der Waals surface area contributed by atoms with Gasteiger partial charge < -0.3 is 19.7 Å². The Hall–Kier alpha value is -3.91. The zero-order valence-electron chi connectivity index (χ0n) is 18.8. The molecule has 1 amide bonds. The van der Waals surface area contributed by atoms with Gasteiger partial charge in [-0.3, -0.25) is 14.6 Å². The van der Waals surface area contributed by atoms with E-state index < -0.39 is 23.7 Å². The molecule has 1 fully saturated rings. The van der Waals surface area contributed by atoms with E-state index in [-0.39, 0.29) is 29.1 Å². The minimum absolute atomic E-state index is 0.0854. The molecule has 1 aliphatic heterocycles. The largest absolute Gasteiger partial charge is 0.507 e. The summed E-state index contributed by atoms with van der Waals surface area (Å²) in [4.78, 5) is 46.9. The van der Waals surface area contributed by atoms with E-state index in [1.165, 1.54) is 12.0 Å². The van der Waals surface area contributed by atoms with Gasteiger partial charge in [-0.1, -0.05) is 29.8 Å². The fourth-order valence-corrected chi connectivity index (χ4v) is 4.50.